The van der Waals surface area contributed by atoms with Gasteiger partial charge in [-0.25, -0.2) is 9.18 Å². The average Bonchev–Trinajstić information content (AvgIpc) is 2.80. The molecule has 0 saturated heterocycles. The molecule has 0 spiro atoms. The summed E-state index contributed by atoms with van der Waals surface area (Å²) < 4.78 is 57.7. The van der Waals surface area contributed by atoms with E-state index < -0.39 is 23.7 Å². The van der Waals surface area contributed by atoms with Crippen LogP contribution in [0.1, 0.15) is 16.1 Å². The fraction of sp³-hybridized carbons (Fsp3) is 0.214. The number of benzene rings is 1. The molecular formula is C14H10ClF4NO2. The van der Waals surface area contributed by atoms with Gasteiger partial charge in [0.1, 0.15) is 11.5 Å². The lowest BCUT2D eigenvalue weighted by molar-refractivity contribution is -0.143. The first-order chi connectivity index (χ1) is 10.1. The topological polar surface area (TPSA) is 31.2 Å². The molecule has 0 fully saturated rings. The molecule has 0 saturated carbocycles. The number of ether oxygens (including phenoxy) is 1. The highest BCUT2D eigenvalue weighted by molar-refractivity contribution is 6.33. The highest BCUT2D eigenvalue weighted by Gasteiger charge is 2.34. The van der Waals surface area contributed by atoms with Crippen molar-refractivity contribution in [2.24, 2.45) is 7.05 Å². The predicted octanol–water partition coefficient (Wildman–Crippen LogP) is 4.29. The maximum atomic E-state index is 14.0. The molecule has 0 amide bonds. The number of carbonyl (C=O) groups is 1. The molecule has 3 nitrogen and oxygen atoms in total. The Balaban J connectivity index is 2.60. The van der Waals surface area contributed by atoms with Gasteiger partial charge in [-0.2, -0.15) is 13.2 Å². The molecule has 0 N–H and O–H groups in total. The lowest BCUT2D eigenvalue weighted by Gasteiger charge is -2.07. The Morgan fingerprint density at radius 3 is 2.41 bits per heavy atom. The van der Waals surface area contributed by atoms with Crippen LogP contribution in [0, 0.1) is 5.82 Å². The standard InChI is InChI=1S/C14H10ClF4NO2/c1-20-6-7(3-12(20)14(17,18)19)8-4-9(13(21)22-2)10(15)5-11(8)16/h3-6H,1-2H3. The lowest BCUT2D eigenvalue weighted by atomic mass is 10.0. The van der Waals surface area contributed by atoms with Crippen molar-refractivity contribution in [1.29, 1.82) is 0 Å². The number of aromatic nitrogens is 1. The smallest absolute Gasteiger partial charge is 0.431 e. The Morgan fingerprint density at radius 1 is 1.27 bits per heavy atom. The molecule has 2 rings (SSSR count). The van der Waals surface area contributed by atoms with Crippen molar-refractivity contribution in [3.8, 4) is 11.1 Å². The third kappa shape index (κ3) is 2.94. The van der Waals surface area contributed by atoms with Crippen LogP contribution in [0.2, 0.25) is 5.02 Å². The number of hydrogen-bond acceptors (Lipinski definition) is 2. The molecule has 22 heavy (non-hydrogen) atoms. The summed E-state index contributed by atoms with van der Waals surface area (Å²) in [6, 6.07) is 2.73. The van der Waals surface area contributed by atoms with E-state index in [1.165, 1.54) is 7.05 Å². The van der Waals surface area contributed by atoms with Gasteiger partial charge in [-0.15, -0.1) is 0 Å². The van der Waals surface area contributed by atoms with E-state index >= 15 is 0 Å². The SMILES string of the molecule is COC(=O)c1cc(-c2cc(C(F)(F)F)n(C)c2)c(F)cc1Cl. The molecule has 1 aromatic carbocycles. The van der Waals surface area contributed by atoms with Gasteiger partial charge < -0.3 is 9.30 Å². The van der Waals surface area contributed by atoms with Crippen LogP contribution >= 0.6 is 11.6 Å². The molecule has 0 atom stereocenters. The third-order valence-corrected chi connectivity index (χ3v) is 3.38. The molecule has 0 aliphatic carbocycles. The van der Waals surface area contributed by atoms with Crippen molar-refractivity contribution in [2.45, 2.75) is 6.18 Å². The third-order valence-electron chi connectivity index (χ3n) is 3.07. The molecule has 1 heterocycles. The van der Waals surface area contributed by atoms with Gasteiger partial charge >= 0.3 is 12.1 Å². The van der Waals surface area contributed by atoms with E-state index in [-0.39, 0.29) is 21.7 Å². The molecular weight excluding hydrogens is 326 g/mol. The van der Waals surface area contributed by atoms with Gasteiger partial charge in [0.2, 0.25) is 0 Å². The number of methoxy groups -OCH3 is 1. The molecule has 0 bridgehead atoms. The molecule has 0 unspecified atom stereocenters. The van der Waals surface area contributed by atoms with Gasteiger partial charge in [-0.3, -0.25) is 0 Å². The maximum absolute atomic E-state index is 14.0. The molecule has 2 aromatic rings. The molecule has 0 aliphatic heterocycles. The fourth-order valence-corrected chi connectivity index (χ4v) is 2.26. The quantitative estimate of drug-likeness (QED) is 0.605. The monoisotopic (exact) mass is 335 g/mol. The van der Waals surface area contributed by atoms with Crippen LogP contribution in [0.15, 0.2) is 24.4 Å². The Morgan fingerprint density at radius 2 is 1.91 bits per heavy atom. The number of aryl methyl sites for hydroxylation is 1. The van der Waals surface area contributed by atoms with Crippen LogP contribution in [-0.2, 0) is 18.0 Å². The first-order valence-electron chi connectivity index (χ1n) is 5.96. The van der Waals surface area contributed by atoms with Crippen molar-refractivity contribution in [2.75, 3.05) is 7.11 Å². The zero-order valence-corrected chi connectivity index (χ0v) is 12.2. The highest BCUT2D eigenvalue weighted by atomic mass is 35.5. The average molecular weight is 336 g/mol. The Kier molecular flexibility index (Phi) is 4.19. The van der Waals surface area contributed by atoms with Gasteiger partial charge in [0, 0.05) is 24.4 Å². The van der Waals surface area contributed by atoms with Gasteiger partial charge in [-0.05, 0) is 18.2 Å². The van der Waals surface area contributed by atoms with Crippen LogP contribution < -0.4 is 0 Å². The molecule has 8 heteroatoms. The Labute approximate surface area is 128 Å². The minimum Gasteiger partial charge on any atom is -0.465 e. The summed E-state index contributed by atoms with van der Waals surface area (Å²) in [5.74, 6) is -1.64. The first kappa shape index (κ1) is 16.4. The summed E-state index contributed by atoms with van der Waals surface area (Å²) in [7, 11) is 2.31. The van der Waals surface area contributed by atoms with Gasteiger partial charge in [0.15, 0.2) is 0 Å². The summed E-state index contributed by atoms with van der Waals surface area (Å²) in [5, 5.41) is -0.180. The second kappa shape index (κ2) is 5.64. The number of alkyl halides is 3. The highest BCUT2D eigenvalue weighted by Crippen LogP contribution is 2.35. The fourth-order valence-electron chi connectivity index (χ4n) is 2.03. The van der Waals surface area contributed by atoms with E-state index in [2.05, 4.69) is 4.74 Å². The van der Waals surface area contributed by atoms with Gasteiger partial charge in [0.25, 0.3) is 0 Å². The van der Waals surface area contributed by atoms with Crippen LogP contribution in [0.25, 0.3) is 11.1 Å². The summed E-state index contributed by atoms with van der Waals surface area (Å²) in [6.07, 6.45) is -3.45. The molecule has 118 valence electrons. The largest absolute Gasteiger partial charge is 0.465 e. The van der Waals surface area contributed by atoms with Crippen LogP contribution in [-0.4, -0.2) is 17.6 Å². The van der Waals surface area contributed by atoms with E-state index in [1.807, 2.05) is 0 Å². The molecule has 0 radical (unpaired) electrons. The lowest BCUT2D eigenvalue weighted by Crippen LogP contribution is -2.09. The van der Waals surface area contributed by atoms with E-state index in [9.17, 15) is 22.4 Å². The van der Waals surface area contributed by atoms with E-state index in [1.54, 1.807) is 0 Å². The van der Waals surface area contributed by atoms with Crippen molar-refractivity contribution in [3.05, 3.63) is 46.5 Å². The van der Waals surface area contributed by atoms with Crippen molar-refractivity contribution >= 4 is 17.6 Å². The summed E-state index contributed by atoms with van der Waals surface area (Å²) in [5.41, 5.74) is -1.25. The zero-order chi connectivity index (χ0) is 16.7. The van der Waals surface area contributed by atoms with Crippen LogP contribution in [0.3, 0.4) is 0 Å². The zero-order valence-electron chi connectivity index (χ0n) is 11.5. The first-order valence-corrected chi connectivity index (χ1v) is 6.34. The Hall–Kier alpha value is -2.02. The van der Waals surface area contributed by atoms with Crippen LogP contribution in [0.4, 0.5) is 17.6 Å². The molecule has 1 aromatic heterocycles. The number of rotatable bonds is 2. The van der Waals surface area contributed by atoms with Crippen LogP contribution in [0.5, 0.6) is 0 Å². The second-order valence-corrected chi connectivity index (χ2v) is 4.93. The number of halogens is 5. The summed E-state index contributed by atoms with van der Waals surface area (Å²) in [6.45, 7) is 0. The maximum Gasteiger partial charge on any atom is 0.431 e. The minimum atomic E-state index is -4.57. The van der Waals surface area contributed by atoms with E-state index in [0.29, 0.717) is 0 Å². The van der Waals surface area contributed by atoms with E-state index in [4.69, 9.17) is 11.6 Å². The predicted molar refractivity (Wildman–Crippen MR) is 72.2 cm³/mol. The van der Waals surface area contributed by atoms with Crippen molar-refractivity contribution < 1.29 is 27.1 Å². The van der Waals surface area contributed by atoms with E-state index in [0.717, 1.165) is 36.1 Å². The van der Waals surface area contributed by atoms with Crippen molar-refractivity contribution in [3.63, 3.8) is 0 Å². The summed E-state index contributed by atoms with van der Waals surface area (Å²) >= 11 is 5.75. The minimum absolute atomic E-state index is 0.0193. The normalized spacial score (nSPS) is 11.6. The number of carbonyl (C=O) groups excluding carboxylic acids is 1. The van der Waals surface area contributed by atoms with Crippen molar-refractivity contribution in [1.82, 2.24) is 4.57 Å². The van der Waals surface area contributed by atoms with Gasteiger partial charge in [-0.1, -0.05) is 11.6 Å². The van der Waals surface area contributed by atoms with Gasteiger partial charge in [0.05, 0.1) is 17.7 Å². The second-order valence-electron chi connectivity index (χ2n) is 4.53. The summed E-state index contributed by atoms with van der Waals surface area (Å²) in [4.78, 5) is 11.5. The number of hydrogen-bond donors (Lipinski definition) is 0. The number of esters is 1. The Bertz CT molecular complexity index is 737. The number of nitrogens with zero attached hydrogens (tertiary/aromatic N) is 1. The molecule has 0 aliphatic rings.